The third-order valence-electron chi connectivity index (χ3n) is 4.06. The van der Waals surface area contributed by atoms with E-state index in [1.807, 2.05) is 0 Å². The smallest absolute Gasteiger partial charge is 0.0429 e. The number of benzene rings is 2. The molecule has 2 N–H and O–H groups in total. The second-order valence-corrected chi connectivity index (χ2v) is 5.84. The van der Waals surface area contributed by atoms with Gasteiger partial charge in [-0.2, -0.15) is 0 Å². The standard InChI is InChI=1S/C18H22N2/c1-14-10-17-4-2-3-5-18(17)20(12-14)13-16-8-6-15(11-19)7-9-16/h2-9,14H,10-13,19H2,1H3. The van der Waals surface area contributed by atoms with Crippen molar-refractivity contribution < 1.29 is 0 Å². The third kappa shape index (κ3) is 2.70. The Morgan fingerprint density at radius 1 is 1.05 bits per heavy atom. The van der Waals surface area contributed by atoms with Crippen LogP contribution in [-0.2, 0) is 19.5 Å². The molecule has 1 heterocycles. The van der Waals surface area contributed by atoms with E-state index in [0.29, 0.717) is 12.5 Å². The largest absolute Gasteiger partial charge is 0.367 e. The van der Waals surface area contributed by atoms with Gasteiger partial charge in [-0.15, -0.1) is 0 Å². The quantitative estimate of drug-likeness (QED) is 0.923. The van der Waals surface area contributed by atoms with Gasteiger partial charge in [0.1, 0.15) is 0 Å². The summed E-state index contributed by atoms with van der Waals surface area (Å²) in [5.41, 5.74) is 11.1. The molecule has 1 aliphatic heterocycles. The lowest BCUT2D eigenvalue weighted by atomic mass is 9.93. The first kappa shape index (κ1) is 13.2. The summed E-state index contributed by atoms with van der Waals surface area (Å²) < 4.78 is 0. The predicted molar refractivity (Wildman–Crippen MR) is 84.7 cm³/mol. The highest BCUT2D eigenvalue weighted by Gasteiger charge is 2.21. The van der Waals surface area contributed by atoms with E-state index in [-0.39, 0.29) is 0 Å². The van der Waals surface area contributed by atoms with Gasteiger partial charge < -0.3 is 10.6 Å². The summed E-state index contributed by atoms with van der Waals surface area (Å²) in [5.74, 6) is 0.716. The Labute approximate surface area is 121 Å². The molecule has 2 aromatic carbocycles. The van der Waals surface area contributed by atoms with E-state index in [4.69, 9.17) is 5.73 Å². The molecule has 104 valence electrons. The fraction of sp³-hybridized carbons (Fsp3) is 0.333. The van der Waals surface area contributed by atoms with Crippen LogP contribution in [0.25, 0.3) is 0 Å². The number of para-hydroxylation sites is 1. The van der Waals surface area contributed by atoms with E-state index in [2.05, 4.69) is 60.4 Å². The average molecular weight is 266 g/mol. The van der Waals surface area contributed by atoms with E-state index in [0.717, 1.165) is 13.1 Å². The number of rotatable bonds is 3. The summed E-state index contributed by atoms with van der Waals surface area (Å²) in [6, 6.07) is 17.5. The number of hydrogen-bond donors (Lipinski definition) is 1. The van der Waals surface area contributed by atoms with Crippen molar-refractivity contribution in [2.45, 2.75) is 26.4 Å². The van der Waals surface area contributed by atoms with Crippen molar-refractivity contribution in [3.05, 3.63) is 65.2 Å². The van der Waals surface area contributed by atoms with Gasteiger partial charge in [-0.3, -0.25) is 0 Å². The summed E-state index contributed by atoms with van der Waals surface area (Å²) in [5, 5.41) is 0. The van der Waals surface area contributed by atoms with Gasteiger partial charge in [-0.05, 0) is 35.1 Å². The van der Waals surface area contributed by atoms with Crippen LogP contribution in [0.15, 0.2) is 48.5 Å². The van der Waals surface area contributed by atoms with Gasteiger partial charge >= 0.3 is 0 Å². The van der Waals surface area contributed by atoms with Crippen molar-refractivity contribution in [2.75, 3.05) is 11.4 Å². The fourth-order valence-electron chi connectivity index (χ4n) is 3.06. The molecule has 3 rings (SSSR count). The molecule has 0 fully saturated rings. The first-order chi connectivity index (χ1) is 9.76. The molecule has 20 heavy (non-hydrogen) atoms. The normalized spacial score (nSPS) is 17.9. The van der Waals surface area contributed by atoms with Crippen molar-refractivity contribution in [3.63, 3.8) is 0 Å². The van der Waals surface area contributed by atoms with Crippen LogP contribution in [0.1, 0.15) is 23.6 Å². The molecule has 2 aromatic rings. The van der Waals surface area contributed by atoms with Crippen molar-refractivity contribution in [1.82, 2.24) is 0 Å². The highest BCUT2D eigenvalue weighted by molar-refractivity contribution is 5.56. The van der Waals surface area contributed by atoms with Gasteiger partial charge in [-0.25, -0.2) is 0 Å². The minimum absolute atomic E-state index is 0.615. The molecule has 0 aliphatic carbocycles. The SMILES string of the molecule is CC1Cc2ccccc2N(Cc2ccc(CN)cc2)C1. The fourth-order valence-corrected chi connectivity index (χ4v) is 3.06. The summed E-state index contributed by atoms with van der Waals surface area (Å²) in [7, 11) is 0. The Kier molecular flexibility index (Phi) is 3.75. The predicted octanol–water partition coefficient (Wildman–Crippen LogP) is 3.34. The van der Waals surface area contributed by atoms with Crippen molar-refractivity contribution >= 4 is 5.69 Å². The van der Waals surface area contributed by atoms with E-state index in [1.165, 1.54) is 28.8 Å². The Balaban J connectivity index is 1.83. The molecule has 2 nitrogen and oxygen atoms in total. The monoisotopic (exact) mass is 266 g/mol. The molecular weight excluding hydrogens is 244 g/mol. The van der Waals surface area contributed by atoms with Crippen LogP contribution < -0.4 is 10.6 Å². The second kappa shape index (κ2) is 5.68. The van der Waals surface area contributed by atoms with E-state index in [1.54, 1.807) is 0 Å². The van der Waals surface area contributed by atoms with E-state index in [9.17, 15) is 0 Å². The van der Waals surface area contributed by atoms with E-state index < -0.39 is 0 Å². The molecule has 0 spiro atoms. The van der Waals surface area contributed by atoms with Crippen LogP contribution >= 0.6 is 0 Å². The minimum atomic E-state index is 0.615. The molecule has 0 saturated carbocycles. The van der Waals surface area contributed by atoms with Crippen molar-refractivity contribution in [1.29, 1.82) is 0 Å². The second-order valence-electron chi connectivity index (χ2n) is 5.84. The highest BCUT2D eigenvalue weighted by Crippen LogP contribution is 2.30. The van der Waals surface area contributed by atoms with Crippen LogP contribution in [-0.4, -0.2) is 6.54 Å². The first-order valence-electron chi connectivity index (χ1n) is 7.37. The van der Waals surface area contributed by atoms with E-state index >= 15 is 0 Å². The highest BCUT2D eigenvalue weighted by atomic mass is 15.1. The molecule has 0 radical (unpaired) electrons. The number of nitrogens with zero attached hydrogens (tertiary/aromatic N) is 1. The molecule has 0 amide bonds. The Morgan fingerprint density at radius 2 is 1.75 bits per heavy atom. The Morgan fingerprint density at radius 3 is 2.50 bits per heavy atom. The average Bonchev–Trinajstić information content (AvgIpc) is 2.48. The molecule has 1 unspecified atom stereocenters. The van der Waals surface area contributed by atoms with Crippen LogP contribution in [0.3, 0.4) is 0 Å². The lowest BCUT2D eigenvalue weighted by Crippen LogP contribution is -2.33. The van der Waals surface area contributed by atoms with Crippen LogP contribution in [0.4, 0.5) is 5.69 Å². The molecule has 0 bridgehead atoms. The maximum atomic E-state index is 5.66. The zero-order chi connectivity index (χ0) is 13.9. The molecule has 0 saturated heterocycles. The number of nitrogens with two attached hydrogens (primary N) is 1. The zero-order valence-corrected chi connectivity index (χ0v) is 12.0. The molecule has 1 aliphatic rings. The van der Waals surface area contributed by atoms with Crippen molar-refractivity contribution in [3.8, 4) is 0 Å². The summed E-state index contributed by atoms with van der Waals surface area (Å²) in [6.45, 7) is 5.06. The Bertz CT molecular complexity index is 574. The first-order valence-corrected chi connectivity index (χ1v) is 7.37. The minimum Gasteiger partial charge on any atom is -0.367 e. The maximum absolute atomic E-state index is 5.66. The molecule has 1 atom stereocenters. The number of fused-ring (bicyclic) bond motifs is 1. The van der Waals surface area contributed by atoms with Gasteiger partial charge in [0.2, 0.25) is 0 Å². The third-order valence-corrected chi connectivity index (χ3v) is 4.06. The lowest BCUT2D eigenvalue weighted by Gasteiger charge is -2.35. The summed E-state index contributed by atoms with van der Waals surface area (Å²) in [6.07, 6.45) is 1.19. The van der Waals surface area contributed by atoms with Gasteiger partial charge in [0, 0.05) is 25.3 Å². The topological polar surface area (TPSA) is 29.3 Å². The summed E-state index contributed by atoms with van der Waals surface area (Å²) in [4.78, 5) is 2.50. The van der Waals surface area contributed by atoms with Crippen LogP contribution in [0.2, 0.25) is 0 Å². The maximum Gasteiger partial charge on any atom is 0.0429 e. The van der Waals surface area contributed by atoms with Gasteiger partial charge in [0.25, 0.3) is 0 Å². The molecular formula is C18H22N2. The van der Waals surface area contributed by atoms with Crippen molar-refractivity contribution in [2.24, 2.45) is 11.7 Å². The van der Waals surface area contributed by atoms with Crippen LogP contribution in [0.5, 0.6) is 0 Å². The lowest BCUT2D eigenvalue weighted by molar-refractivity contribution is 0.530. The number of hydrogen-bond acceptors (Lipinski definition) is 2. The Hall–Kier alpha value is -1.80. The number of anilines is 1. The van der Waals surface area contributed by atoms with Gasteiger partial charge in [0.05, 0.1) is 0 Å². The summed E-state index contributed by atoms with van der Waals surface area (Å²) >= 11 is 0. The van der Waals surface area contributed by atoms with Gasteiger partial charge in [-0.1, -0.05) is 49.4 Å². The zero-order valence-electron chi connectivity index (χ0n) is 12.0. The van der Waals surface area contributed by atoms with Crippen LogP contribution in [0, 0.1) is 5.92 Å². The molecule has 2 heteroatoms. The van der Waals surface area contributed by atoms with Gasteiger partial charge in [0.15, 0.2) is 0 Å². The molecule has 0 aromatic heterocycles.